The van der Waals surface area contributed by atoms with Crippen molar-refractivity contribution in [3.63, 3.8) is 0 Å². The van der Waals surface area contributed by atoms with E-state index in [2.05, 4.69) is 0 Å². The molecule has 0 radical (unpaired) electrons. The summed E-state index contributed by atoms with van der Waals surface area (Å²) in [4.78, 5) is 12.1. The summed E-state index contributed by atoms with van der Waals surface area (Å²) in [5.74, 6) is -0.560. The van der Waals surface area contributed by atoms with Crippen molar-refractivity contribution in [3.8, 4) is 0 Å². The number of halogens is 3. The number of hydrogen-bond donors (Lipinski definition) is 0. The van der Waals surface area contributed by atoms with Crippen LogP contribution < -0.4 is 51.4 Å². The van der Waals surface area contributed by atoms with Crippen molar-refractivity contribution < 1.29 is 69.1 Å². The quantitative estimate of drug-likeness (QED) is 0.473. The minimum Gasteiger partial charge on any atom is -0.445 e. The van der Waals surface area contributed by atoms with Gasteiger partial charge in [-0.2, -0.15) is 0 Å². The van der Waals surface area contributed by atoms with Gasteiger partial charge in [0.25, 0.3) is 0 Å². The molecule has 1 rings (SSSR count). The molecule has 1 amide bonds. The molecule has 2 nitrogen and oxygen atoms in total. The van der Waals surface area contributed by atoms with E-state index in [4.69, 9.17) is 0 Å². The minimum absolute atomic E-state index is 0. The van der Waals surface area contributed by atoms with Gasteiger partial charge in [0.15, 0.2) is 0 Å². The van der Waals surface area contributed by atoms with Crippen LogP contribution in [0.3, 0.4) is 0 Å². The topological polar surface area (TPSA) is 20.3 Å². The molecule has 0 bridgehead atoms. The van der Waals surface area contributed by atoms with Crippen molar-refractivity contribution in [1.82, 2.24) is 4.90 Å². The molecule has 0 fully saturated rings. The molecular weight excluding hydrogens is 209 g/mol. The first kappa shape index (κ1) is 13.7. The second-order valence-corrected chi connectivity index (χ2v) is 2.80. The molecule has 13 heavy (non-hydrogen) atoms. The number of nitrogens with zero attached hydrogens (tertiary/aromatic N) is 1. The van der Waals surface area contributed by atoms with Gasteiger partial charge >= 0.3 is 58.4 Å². The first-order chi connectivity index (χ1) is 5.41. The molecular formula is C6H8BF3KNO. The molecule has 68 valence electrons. The van der Waals surface area contributed by atoms with Gasteiger partial charge in [-0.25, -0.2) is 0 Å². The van der Waals surface area contributed by atoms with E-state index in [1.54, 1.807) is 0 Å². The number of hydrogen-bond acceptors (Lipinski definition) is 1. The summed E-state index contributed by atoms with van der Waals surface area (Å²) in [6.07, 6.45) is 0.606. The van der Waals surface area contributed by atoms with Crippen LogP contribution in [-0.4, -0.2) is 31.4 Å². The molecule has 0 aromatic rings. The van der Waals surface area contributed by atoms with Crippen LogP contribution in [0.15, 0.2) is 11.5 Å². The Kier molecular flexibility index (Phi) is 5.24. The van der Waals surface area contributed by atoms with Gasteiger partial charge in [0, 0.05) is 13.6 Å². The fourth-order valence-electron chi connectivity index (χ4n) is 1.01. The Morgan fingerprint density at radius 1 is 1.46 bits per heavy atom. The van der Waals surface area contributed by atoms with Gasteiger partial charge in [-0.3, -0.25) is 4.79 Å². The molecule has 0 spiro atoms. The van der Waals surface area contributed by atoms with Gasteiger partial charge in [0.1, 0.15) is 0 Å². The van der Waals surface area contributed by atoms with E-state index in [1.165, 1.54) is 11.9 Å². The second-order valence-electron chi connectivity index (χ2n) is 2.80. The summed E-state index contributed by atoms with van der Waals surface area (Å²) < 4.78 is 36.2. The van der Waals surface area contributed by atoms with E-state index in [9.17, 15) is 17.7 Å². The Morgan fingerprint density at radius 3 is 2.38 bits per heavy atom. The fourth-order valence-corrected chi connectivity index (χ4v) is 1.01. The maximum Gasteiger partial charge on any atom is 1.00 e. The Morgan fingerprint density at radius 2 is 2.00 bits per heavy atom. The molecule has 0 saturated carbocycles. The third-order valence-corrected chi connectivity index (χ3v) is 1.84. The van der Waals surface area contributed by atoms with Crippen molar-refractivity contribution in [3.05, 3.63) is 11.5 Å². The number of amides is 1. The molecule has 0 N–H and O–H groups in total. The number of likely N-dealkylation sites (N-methyl/N-ethyl adjacent to an activating group) is 1. The van der Waals surface area contributed by atoms with Crippen LogP contribution in [0.4, 0.5) is 12.9 Å². The standard InChI is InChI=1S/C6H8BF3NO.K/c1-11-3-2-5(4-6(11)12)7(8,9)10;/h4H,2-3H2,1H3;/q-1;+1. The third kappa shape index (κ3) is 3.75. The summed E-state index contributed by atoms with van der Waals surface area (Å²) in [7, 11) is 1.49. The molecule has 1 heterocycles. The van der Waals surface area contributed by atoms with Gasteiger partial charge in [0.2, 0.25) is 5.91 Å². The number of rotatable bonds is 1. The van der Waals surface area contributed by atoms with Crippen LogP contribution in [0.25, 0.3) is 0 Å². The van der Waals surface area contributed by atoms with Crippen molar-refractivity contribution in [2.24, 2.45) is 0 Å². The first-order valence-corrected chi connectivity index (χ1v) is 3.57. The van der Waals surface area contributed by atoms with Crippen molar-refractivity contribution in [2.45, 2.75) is 6.42 Å². The van der Waals surface area contributed by atoms with E-state index in [0.717, 1.165) is 0 Å². The van der Waals surface area contributed by atoms with E-state index in [0.29, 0.717) is 6.08 Å². The van der Waals surface area contributed by atoms with Crippen LogP contribution in [0.2, 0.25) is 0 Å². The van der Waals surface area contributed by atoms with Crippen LogP contribution in [0.5, 0.6) is 0 Å². The summed E-state index contributed by atoms with van der Waals surface area (Å²) in [6, 6.07) is 0. The van der Waals surface area contributed by atoms with E-state index < -0.39 is 18.4 Å². The third-order valence-electron chi connectivity index (χ3n) is 1.84. The predicted octanol–water partition coefficient (Wildman–Crippen LogP) is -1.83. The van der Waals surface area contributed by atoms with Crippen LogP contribution in [0.1, 0.15) is 6.42 Å². The molecule has 0 saturated heterocycles. The summed E-state index contributed by atoms with van der Waals surface area (Å²) in [5.41, 5.74) is -0.668. The maximum atomic E-state index is 12.1. The van der Waals surface area contributed by atoms with E-state index in [1.807, 2.05) is 0 Å². The van der Waals surface area contributed by atoms with Gasteiger partial charge in [-0.1, -0.05) is 0 Å². The molecule has 0 aromatic carbocycles. The monoisotopic (exact) mass is 217 g/mol. The molecule has 1 aliphatic heterocycles. The first-order valence-electron chi connectivity index (χ1n) is 3.57. The molecule has 7 heteroatoms. The van der Waals surface area contributed by atoms with Gasteiger partial charge in [-0.15, -0.1) is 5.47 Å². The van der Waals surface area contributed by atoms with Crippen molar-refractivity contribution in [1.29, 1.82) is 0 Å². The van der Waals surface area contributed by atoms with Crippen molar-refractivity contribution >= 4 is 12.9 Å². The molecule has 0 aromatic heterocycles. The molecule has 0 aliphatic carbocycles. The van der Waals surface area contributed by atoms with Crippen LogP contribution in [-0.2, 0) is 4.79 Å². The average molecular weight is 217 g/mol. The summed E-state index contributed by atoms with van der Waals surface area (Å²) in [6.45, 7) is -4.81. The molecule has 1 aliphatic rings. The van der Waals surface area contributed by atoms with E-state index >= 15 is 0 Å². The van der Waals surface area contributed by atoms with Crippen molar-refractivity contribution in [2.75, 3.05) is 13.6 Å². The molecule has 0 atom stereocenters. The largest absolute Gasteiger partial charge is 1.00 e. The Labute approximate surface area is 117 Å². The maximum absolute atomic E-state index is 12.1. The Bertz CT molecular complexity index is 241. The van der Waals surface area contributed by atoms with Crippen LogP contribution in [0, 0.1) is 0 Å². The normalized spacial score (nSPS) is 18.0. The molecule has 0 unspecified atom stereocenters. The van der Waals surface area contributed by atoms with Gasteiger partial charge in [0.05, 0.1) is 0 Å². The zero-order valence-electron chi connectivity index (χ0n) is 7.56. The number of carbonyl (C=O) groups is 1. The summed E-state index contributed by atoms with van der Waals surface area (Å²) >= 11 is 0. The SMILES string of the molecule is CN1CCC([B-](F)(F)F)=CC1=O.[K+]. The van der Waals surface area contributed by atoms with E-state index in [-0.39, 0.29) is 64.4 Å². The van der Waals surface area contributed by atoms with Gasteiger partial charge < -0.3 is 17.8 Å². The van der Waals surface area contributed by atoms with Gasteiger partial charge in [-0.05, 0) is 12.5 Å². The smallest absolute Gasteiger partial charge is 0.445 e. The summed E-state index contributed by atoms with van der Waals surface area (Å²) in [5, 5.41) is 0. The minimum atomic E-state index is -4.96. The number of carbonyl (C=O) groups excluding carboxylic acids is 1. The predicted molar refractivity (Wildman–Crippen MR) is 39.4 cm³/mol. The Hall–Kier alpha value is 0.701. The zero-order chi connectivity index (χ0) is 9.35. The second kappa shape index (κ2) is 4.97. The van der Waals surface area contributed by atoms with Crippen LogP contribution >= 0.6 is 0 Å². The fraction of sp³-hybridized carbons (Fsp3) is 0.500. The Balaban J connectivity index is 0.00000144. The average Bonchev–Trinajstić information content (AvgIpc) is 1.92. The zero-order valence-corrected chi connectivity index (χ0v) is 10.7.